The minimum absolute atomic E-state index is 0.0558. The number of primary amides is 1. The van der Waals surface area contributed by atoms with E-state index in [0.717, 1.165) is 11.3 Å². The molecular weight excluding hydrogens is 180 g/mol. The smallest absolute Gasteiger partial charge is 0.248 e. The number of rotatable bonds is 4. The van der Waals surface area contributed by atoms with Gasteiger partial charge in [0.25, 0.3) is 0 Å². The number of aryl methyl sites for hydroxylation is 1. The molecule has 1 amide bonds. The SMILES string of the molecule is Cc1ccc(C(N)=O)cc1NCCO. The van der Waals surface area contributed by atoms with E-state index in [4.69, 9.17) is 10.8 Å². The Morgan fingerprint density at radius 3 is 2.86 bits per heavy atom. The summed E-state index contributed by atoms with van der Waals surface area (Å²) in [5.74, 6) is -0.447. The van der Waals surface area contributed by atoms with E-state index in [0.29, 0.717) is 12.1 Å². The van der Waals surface area contributed by atoms with Crippen LogP contribution in [0.15, 0.2) is 18.2 Å². The van der Waals surface area contributed by atoms with Gasteiger partial charge in [-0.1, -0.05) is 6.07 Å². The Balaban J connectivity index is 2.90. The molecule has 0 aliphatic rings. The average molecular weight is 194 g/mol. The second-order valence-corrected chi connectivity index (χ2v) is 3.04. The molecule has 0 spiro atoms. The Kier molecular flexibility index (Phi) is 3.48. The number of aliphatic hydroxyl groups excluding tert-OH is 1. The van der Waals surface area contributed by atoms with Gasteiger partial charge in [-0.15, -0.1) is 0 Å². The fraction of sp³-hybridized carbons (Fsp3) is 0.300. The number of hydrogen-bond acceptors (Lipinski definition) is 3. The van der Waals surface area contributed by atoms with Crippen molar-refractivity contribution in [2.45, 2.75) is 6.92 Å². The van der Waals surface area contributed by atoms with E-state index in [-0.39, 0.29) is 6.61 Å². The molecular formula is C10H14N2O2. The van der Waals surface area contributed by atoms with E-state index in [2.05, 4.69) is 5.32 Å². The summed E-state index contributed by atoms with van der Waals surface area (Å²) in [5, 5.41) is 11.6. The molecule has 1 rings (SSSR count). The number of amides is 1. The fourth-order valence-electron chi connectivity index (χ4n) is 1.16. The van der Waals surface area contributed by atoms with E-state index in [1.54, 1.807) is 12.1 Å². The van der Waals surface area contributed by atoms with Crippen LogP contribution in [0.3, 0.4) is 0 Å². The van der Waals surface area contributed by atoms with Crippen LogP contribution >= 0.6 is 0 Å². The lowest BCUT2D eigenvalue weighted by atomic mass is 10.1. The summed E-state index contributed by atoms with van der Waals surface area (Å²) in [5.41, 5.74) is 7.46. The molecule has 0 heterocycles. The van der Waals surface area contributed by atoms with Crippen LogP contribution < -0.4 is 11.1 Å². The minimum atomic E-state index is -0.447. The number of carbonyl (C=O) groups excluding carboxylic acids is 1. The molecule has 0 aliphatic carbocycles. The van der Waals surface area contributed by atoms with Gasteiger partial charge >= 0.3 is 0 Å². The maximum absolute atomic E-state index is 10.9. The highest BCUT2D eigenvalue weighted by molar-refractivity contribution is 5.93. The average Bonchev–Trinajstić information content (AvgIpc) is 2.16. The zero-order valence-electron chi connectivity index (χ0n) is 8.08. The Morgan fingerprint density at radius 1 is 1.57 bits per heavy atom. The Hall–Kier alpha value is -1.55. The summed E-state index contributed by atoms with van der Waals surface area (Å²) in [6.45, 7) is 2.44. The van der Waals surface area contributed by atoms with Gasteiger partial charge in [0.15, 0.2) is 0 Å². The summed E-state index contributed by atoms with van der Waals surface area (Å²) < 4.78 is 0. The lowest BCUT2D eigenvalue weighted by Crippen LogP contribution is -2.12. The third-order valence-corrected chi connectivity index (χ3v) is 1.95. The predicted molar refractivity (Wildman–Crippen MR) is 55.3 cm³/mol. The number of hydrogen-bond donors (Lipinski definition) is 3. The first-order chi connectivity index (χ1) is 6.65. The van der Waals surface area contributed by atoms with E-state index < -0.39 is 5.91 Å². The van der Waals surface area contributed by atoms with Gasteiger partial charge in [-0.25, -0.2) is 0 Å². The maximum atomic E-state index is 10.9. The third-order valence-electron chi connectivity index (χ3n) is 1.95. The molecule has 0 saturated carbocycles. The monoisotopic (exact) mass is 194 g/mol. The maximum Gasteiger partial charge on any atom is 0.248 e. The van der Waals surface area contributed by atoms with Crippen molar-refractivity contribution < 1.29 is 9.90 Å². The number of nitrogens with two attached hydrogens (primary N) is 1. The molecule has 0 fully saturated rings. The minimum Gasteiger partial charge on any atom is -0.395 e. The lowest BCUT2D eigenvalue weighted by Gasteiger charge is -2.08. The number of aliphatic hydroxyl groups is 1. The van der Waals surface area contributed by atoms with Crippen molar-refractivity contribution in [1.29, 1.82) is 0 Å². The van der Waals surface area contributed by atoms with Gasteiger partial charge in [0.2, 0.25) is 5.91 Å². The van der Waals surface area contributed by atoms with Gasteiger partial charge in [0.1, 0.15) is 0 Å². The van der Waals surface area contributed by atoms with E-state index in [1.165, 1.54) is 0 Å². The second-order valence-electron chi connectivity index (χ2n) is 3.04. The molecule has 0 aromatic heterocycles. The molecule has 76 valence electrons. The Morgan fingerprint density at radius 2 is 2.29 bits per heavy atom. The highest BCUT2D eigenvalue weighted by Gasteiger charge is 2.03. The van der Waals surface area contributed by atoms with Crippen molar-refractivity contribution in [3.8, 4) is 0 Å². The Bertz CT molecular complexity index is 337. The van der Waals surface area contributed by atoms with Crippen LogP contribution in [0.2, 0.25) is 0 Å². The van der Waals surface area contributed by atoms with Crippen molar-refractivity contribution in [3.05, 3.63) is 29.3 Å². The van der Waals surface area contributed by atoms with E-state index in [9.17, 15) is 4.79 Å². The van der Waals surface area contributed by atoms with Gasteiger partial charge in [0, 0.05) is 17.8 Å². The van der Waals surface area contributed by atoms with Crippen LogP contribution in [0.4, 0.5) is 5.69 Å². The quantitative estimate of drug-likeness (QED) is 0.653. The molecule has 4 nitrogen and oxygen atoms in total. The largest absolute Gasteiger partial charge is 0.395 e. The lowest BCUT2D eigenvalue weighted by molar-refractivity contribution is 0.100. The molecule has 4 heteroatoms. The summed E-state index contributed by atoms with van der Waals surface area (Å²) in [6.07, 6.45) is 0. The van der Waals surface area contributed by atoms with Gasteiger partial charge in [-0.2, -0.15) is 0 Å². The molecule has 0 atom stereocenters. The van der Waals surface area contributed by atoms with Crippen LogP contribution in [0.1, 0.15) is 15.9 Å². The first-order valence-electron chi connectivity index (χ1n) is 4.40. The molecule has 1 aromatic carbocycles. The van der Waals surface area contributed by atoms with Crippen molar-refractivity contribution in [3.63, 3.8) is 0 Å². The molecule has 0 bridgehead atoms. The van der Waals surface area contributed by atoms with Gasteiger partial charge < -0.3 is 16.2 Å². The van der Waals surface area contributed by atoms with Crippen LogP contribution in [-0.2, 0) is 0 Å². The van der Waals surface area contributed by atoms with Gasteiger partial charge in [0.05, 0.1) is 6.61 Å². The highest BCUT2D eigenvalue weighted by Crippen LogP contribution is 2.16. The van der Waals surface area contributed by atoms with Crippen LogP contribution in [0.25, 0.3) is 0 Å². The van der Waals surface area contributed by atoms with Gasteiger partial charge in [-0.3, -0.25) is 4.79 Å². The van der Waals surface area contributed by atoms with Crippen molar-refractivity contribution in [2.75, 3.05) is 18.5 Å². The summed E-state index contributed by atoms with van der Waals surface area (Å²) in [6, 6.07) is 5.19. The topological polar surface area (TPSA) is 75.4 Å². The zero-order chi connectivity index (χ0) is 10.6. The normalized spacial score (nSPS) is 9.86. The third kappa shape index (κ3) is 2.47. The van der Waals surface area contributed by atoms with Crippen molar-refractivity contribution >= 4 is 11.6 Å². The first-order valence-corrected chi connectivity index (χ1v) is 4.40. The highest BCUT2D eigenvalue weighted by atomic mass is 16.3. The molecule has 0 unspecified atom stereocenters. The standard InChI is InChI=1S/C10H14N2O2/c1-7-2-3-8(10(11)14)6-9(7)12-4-5-13/h2-3,6,12-13H,4-5H2,1H3,(H2,11,14). The predicted octanol–water partition coefficient (Wildman–Crippen LogP) is 0.498. The number of carbonyl (C=O) groups is 1. The first kappa shape index (κ1) is 10.5. The van der Waals surface area contributed by atoms with Crippen molar-refractivity contribution in [2.24, 2.45) is 5.73 Å². The molecule has 0 saturated heterocycles. The van der Waals surface area contributed by atoms with E-state index in [1.807, 2.05) is 13.0 Å². The van der Waals surface area contributed by atoms with Crippen LogP contribution in [0, 0.1) is 6.92 Å². The van der Waals surface area contributed by atoms with Crippen LogP contribution in [0.5, 0.6) is 0 Å². The summed E-state index contributed by atoms with van der Waals surface area (Å²) >= 11 is 0. The second kappa shape index (κ2) is 4.62. The number of benzene rings is 1. The molecule has 4 N–H and O–H groups in total. The van der Waals surface area contributed by atoms with E-state index >= 15 is 0 Å². The molecule has 0 radical (unpaired) electrons. The Labute approximate surface area is 82.7 Å². The zero-order valence-corrected chi connectivity index (χ0v) is 8.08. The van der Waals surface area contributed by atoms with Gasteiger partial charge in [-0.05, 0) is 24.6 Å². The summed E-state index contributed by atoms with van der Waals surface area (Å²) in [4.78, 5) is 10.9. The van der Waals surface area contributed by atoms with Crippen LogP contribution in [-0.4, -0.2) is 24.2 Å². The number of anilines is 1. The molecule has 1 aromatic rings. The van der Waals surface area contributed by atoms with Crippen molar-refractivity contribution in [1.82, 2.24) is 0 Å². The molecule has 14 heavy (non-hydrogen) atoms. The summed E-state index contributed by atoms with van der Waals surface area (Å²) in [7, 11) is 0. The molecule has 0 aliphatic heterocycles. The fourth-order valence-corrected chi connectivity index (χ4v) is 1.16. The number of nitrogens with one attached hydrogen (secondary N) is 1.